The maximum absolute atomic E-state index is 11.9. The minimum atomic E-state index is -0.531. The Bertz CT molecular complexity index is 379. The fourth-order valence-corrected chi connectivity index (χ4v) is 2.30. The monoisotopic (exact) mass is 255 g/mol. The van der Waals surface area contributed by atoms with Crippen LogP contribution in [-0.4, -0.2) is 23.7 Å². The standard InChI is InChI=1S/C13H21NO2S/c1-5-9-6-7-17-11(9)12(16)14-8-10(15)13(2,3)4/h6-7,10,15H,5,8H2,1-4H3,(H,14,16). The molecule has 1 atom stereocenters. The molecule has 0 bridgehead atoms. The molecule has 1 unspecified atom stereocenters. The van der Waals surface area contributed by atoms with E-state index in [0.29, 0.717) is 6.54 Å². The predicted octanol–water partition coefficient (Wildman–Crippen LogP) is 2.45. The molecule has 1 aromatic heterocycles. The zero-order valence-corrected chi connectivity index (χ0v) is 11.7. The van der Waals surface area contributed by atoms with Crippen LogP contribution in [0.15, 0.2) is 11.4 Å². The van der Waals surface area contributed by atoms with Crippen molar-refractivity contribution in [3.8, 4) is 0 Å². The number of carbonyl (C=O) groups is 1. The van der Waals surface area contributed by atoms with Crippen LogP contribution in [0, 0.1) is 5.41 Å². The molecule has 0 spiro atoms. The van der Waals surface area contributed by atoms with Crippen molar-refractivity contribution in [2.24, 2.45) is 5.41 Å². The molecular formula is C13H21NO2S. The van der Waals surface area contributed by atoms with Crippen molar-refractivity contribution < 1.29 is 9.90 Å². The summed E-state index contributed by atoms with van der Waals surface area (Å²) >= 11 is 1.45. The summed E-state index contributed by atoms with van der Waals surface area (Å²) in [6, 6.07) is 1.97. The zero-order chi connectivity index (χ0) is 13.1. The summed E-state index contributed by atoms with van der Waals surface area (Å²) in [4.78, 5) is 12.7. The molecule has 0 aliphatic carbocycles. The van der Waals surface area contributed by atoms with E-state index in [1.165, 1.54) is 11.3 Å². The van der Waals surface area contributed by atoms with Gasteiger partial charge in [0, 0.05) is 6.54 Å². The molecule has 0 radical (unpaired) electrons. The third kappa shape index (κ3) is 3.82. The van der Waals surface area contributed by atoms with Crippen LogP contribution in [0.3, 0.4) is 0 Å². The number of aliphatic hydroxyl groups excluding tert-OH is 1. The molecule has 1 heterocycles. The predicted molar refractivity (Wildman–Crippen MR) is 71.5 cm³/mol. The third-order valence-electron chi connectivity index (χ3n) is 2.79. The SMILES string of the molecule is CCc1ccsc1C(=O)NCC(O)C(C)(C)C. The molecule has 0 aliphatic rings. The van der Waals surface area contributed by atoms with Gasteiger partial charge < -0.3 is 10.4 Å². The van der Waals surface area contributed by atoms with Crippen molar-refractivity contribution in [2.45, 2.75) is 40.2 Å². The van der Waals surface area contributed by atoms with Gasteiger partial charge in [-0.3, -0.25) is 4.79 Å². The Morgan fingerprint density at radius 2 is 2.18 bits per heavy atom. The van der Waals surface area contributed by atoms with Gasteiger partial charge in [0.1, 0.15) is 0 Å². The Morgan fingerprint density at radius 1 is 1.53 bits per heavy atom. The zero-order valence-electron chi connectivity index (χ0n) is 10.9. The first-order valence-electron chi connectivity index (χ1n) is 5.89. The highest BCUT2D eigenvalue weighted by Gasteiger charge is 2.23. The van der Waals surface area contributed by atoms with Gasteiger partial charge in [-0.15, -0.1) is 11.3 Å². The molecule has 1 aromatic rings. The first kappa shape index (κ1) is 14.2. The highest BCUT2D eigenvalue weighted by atomic mass is 32.1. The highest BCUT2D eigenvalue weighted by molar-refractivity contribution is 7.12. The van der Waals surface area contributed by atoms with Crippen LogP contribution in [-0.2, 0) is 6.42 Å². The van der Waals surface area contributed by atoms with E-state index in [1.54, 1.807) is 0 Å². The summed E-state index contributed by atoms with van der Waals surface area (Å²) in [5.74, 6) is -0.0832. The fraction of sp³-hybridized carbons (Fsp3) is 0.615. The van der Waals surface area contributed by atoms with E-state index < -0.39 is 6.10 Å². The lowest BCUT2D eigenvalue weighted by atomic mass is 9.89. The summed E-state index contributed by atoms with van der Waals surface area (Å²) in [5, 5.41) is 14.6. The van der Waals surface area contributed by atoms with Crippen LogP contribution >= 0.6 is 11.3 Å². The third-order valence-corrected chi connectivity index (χ3v) is 3.74. The number of thiophene rings is 1. The molecule has 0 saturated carbocycles. The van der Waals surface area contributed by atoms with Crippen LogP contribution in [0.1, 0.15) is 42.9 Å². The average molecular weight is 255 g/mol. The molecule has 0 aromatic carbocycles. The van der Waals surface area contributed by atoms with Crippen molar-refractivity contribution in [3.63, 3.8) is 0 Å². The van der Waals surface area contributed by atoms with E-state index in [1.807, 2.05) is 39.1 Å². The molecule has 2 N–H and O–H groups in total. The summed E-state index contributed by atoms with van der Waals surface area (Å²) in [5.41, 5.74) is 0.855. The lowest BCUT2D eigenvalue weighted by Gasteiger charge is -2.25. The van der Waals surface area contributed by atoms with Gasteiger partial charge in [0.25, 0.3) is 5.91 Å². The van der Waals surface area contributed by atoms with Gasteiger partial charge in [0.2, 0.25) is 0 Å². The van der Waals surface area contributed by atoms with Crippen molar-refractivity contribution in [1.82, 2.24) is 5.32 Å². The fourth-order valence-electron chi connectivity index (χ4n) is 1.39. The van der Waals surface area contributed by atoms with Gasteiger partial charge in [0.05, 0.1) is 11.0 Å². The van der Waals surface area contributed by atoms with Gasteiger partial charge in [-0.2, -0.15) is 0 Å². The Hall–Kier alpha value is -0.870. The molecule has 0 fully saturated rings. The summed E-state index contributed by atoms with van der Waals surface area (Å²) < 4.78 is 0. The maximum Gasteiger partial charge on any atom is 0.261 e. The van der Waals surface area contributed by atoms with Crippen LogP contribution in [0.25, 0.3) is 0 Å². The number of hydrogen-bond acceptors (Lipinski definition) is 3. The van der Waals surface area contributed by atoms with Gasteiger partial charge in [-0.25, -0.2) is 0 Å². The second-order valence-electron chi connectivity index (χ2n) is 5.22. The molecule has 0 saturated heterocycles. The Kier molecular flexibility index (Phi) is 4.71. The van der Waals surface area contributed by atoms with Crippen LogP contribution in [0.2, 0.25) is 0 Å². The van der Waals surface area contributed by atoms with E-state index in [-0.39, 0.29) is 11.3 Å². The normalized spacial score (nSPS) is 13.5. The molecule has 4 heteroatoms. The van der Waals surface area contributed by atoms with E-state index in [0.717, 1.165) is 16.9 Å². The van der Waals surface area contributed by atoms with Gasteiger partial charge in [0.15, 0.2) is 0 Å². The number of aliphatic hydroxyl groups is 1. The molecule has 1 amide bonds. The largest absolute Gasteiger partial charge is 0.391 e. The van der Waals surface area contributed by atoms with E-state index in [2.05, 4.69) is 5.32 Å². The number of carbonyl (C=O) groups excluding carboxylic acids is 1. The van der Waals surface area contributed by atoms with Crippen molar-refractivity contribution in [2.75, 3.05) is 6.54 Å². The molecule has 17 heavy (non-hydrogen) atoms. The summed E-state index contributed by atoms with van der Waals surface area (Å²) in [7, 11) is 0. The van der Waals surface area contributed by atoms with E-state index in [9.17, 15) is 9.90 Å². The van der Waals surface area contributed by atoms with Crippen molar-refractivity contribution >= 4 is 17.2 Å². The quantitative estimate of drug-likeness (QED) is 0.868. The van der Waals surface area contributed by atoms with Gasteiger partial charge >= 0.3 is 0 Å². The molecule has 1 rings (SSSR count). The Balaban J connectivity index is 2.57. The van der Waals surface area contributed by atoms with Crippen LogP contribution < -0.4 is 5.32 Å². The smallest absolute Gasteiger partial charge is 0.261 e. The van der Waals surface area contributed by atoms with Crippen LogP contribution in [0.4, 0.5) is 0 Å². The molecular weight excluding hydrogens is 234 g/mol. The minimum absolute atomic E-state index is 0.0832. The minimum Gasteiger partial charge on any atom is -0.391 e. The highest BCUT2D eigenvalue weighted by Crippen LogP contribution is 2.19. The summed E-state index contributed by atoms with van der Waals surface area (Å²) in [6.45, 7) is 8.18. The Morgan fingerprint density at radius 3 is 2.71 bits per heavy atom. The number of hydrogen-bond donors (Lipinski definition) is 2. The van der Waals surface area contributed by atoms with Gasteiger partial charge in [-0.05, 0) is 28.8 Å². The van der Waals surface area contributed by atoms with Crippen molar-refractivity contribution in [1.29, 1.82) is 0 Å². The number of aryl methyl sites for hydroxylation is 1. The number of nitrogens with one attached hydrogen (secondary N) is 1. The first-order chi connectivity index (χ1) is 7.86. The molecule has 0 aliphatic heterocycles. The summed E-state index contributed by atoms with van der Waals surface area (Å²) in [6.07, 6.45) is 0.324. The lowest BCUT2D eigenvalue weighted by Crippen LogP contribution is -2.39. The number of amides is 1. The topological polar surface area (TPSA) is 49.3 Å². The molecule has 96 valence electrons. The second kappa shape index (κ2) is 5.65. The van der Waals surface area contributed by atoms with E-state index >= 15 is 0 Å². The first-order valence-corrected chi connectivity index (χ1v) is 6.76. The van der Waals surface area contributed by atoms with Crippen LogP contribution in [0.5, 0.6) is 0 Å². The second-order valence-corrected chi connectivity index (χ2v) is 6.14. The lowest BCUT2D eigenvalue weighted by molar-refractivity contribution is 0.0588. The van der Waals surface area contributed by atoms with Crippen molar-refractivity contribution in [3.05, 3.63) is 21.9 Å². The van der Waals surface area contributed by atoms with Gasteiger partial charge in [-0.1, -0.05) is 27.7 Å². The Labute approximate surface area is 107 Å². The number of rotatable bonds is 4. The van der Waals surface area contributed by atoms with E-state index in [4.69, 9.17) is 0 Å². The average Bonchev–Trinajstić information content (AvgIpc) is 2.71. The maximum atomic E-state index is 11.9. The molecule has 3 nitrogen and oxygen atoms in total.